The van der Waals surface area contributed by atoms with E-state index in [1.807, 2.05) is 11.8 Å². The lowest BCUT2D eigenvalue weighted by molar-refractivity contribution is 0.632. The second kappa shape index (κ2) is 10.2. The standard InChI is InChI=1S/C14H23NS.HI/c1-12(2)9-11-16-14-7-5-13(6-8-14)4-3-10-15;/h5-8,12H,3-4,9-11,15H2,1-2H3;1H. The minimum atomic E-state index is 0. The summed E-state index contributed by atoms with van der Waals surface area (Å²) < 4.78 is 0. The predicted molar refractivity (Wildman–Crippen MR) is 89.4 cm³/mol. The normalized spacial score (nSPS) is 10.4. The molecule has 1 nitrogen and oxygen atoms in total. The maximum Gasteiger partial charge on any atom is 0.00721 e. The summed E-state index contributed by atoms with van der Waals surface area (Å²) in [6.45, 7) is 5.33. The van der Waals surface area contributed by atoms with Gasteiger partial charge in [0.05, 0.1) is 0 Å². The zero-order valence-electron chi connectivity index (χ0n) is 10.8. The third-order valence-electron chi connectivity index (χ3n) is 2.56. The summed E-state index contributed by atoms with van der Waals surface area (Å²) in [6.07, 6.45) is 3.48. The molecule has 0 heterocycles. The van der Waals surface area contributed by atoms with E-state index in [-0.39, 0.29) is 24.0 Å². The molecule has 2 N–H and O–H groups in total. The van der Waals surface area contributed by atoms with Crippen molar-refractivity contribution in [2.75, 3.05) is 12.3 Å². The summed E-state index contributed by atoms with van der Waals surface area (Å²) in [5, 5.41) is 0. The van der Waals surface area contributed by atoms with E-state index in [1.165, 1.54) is 22.6 Å². The quantitative estimate of drug-likeness (QED) is 0.575. The predicted octanol–water partition coefficient (Wildman–Crippen LogP) is 4.33. The van der Waals surface area contributed by atoms with E-state index >= 15 is 0 Å². The average molecular weight is 365 g/mol. The first kappa shape index (κ1) is 17.3. The highest BCUT2D eigenvalue weighted by atomic mass is 127. The van der Waals surface area contributed by atoms with Crippen molar-refractivity contribution in [3.8, 4) is 0 Å². The molecule has 1 rings (SSSR count). The molecule has 3 heteroatoms. The van der Waals surface area contributed by atoms with E-state index in [0.717, 1.165) is 25.3 Å². The van der Waals surface area contributed by atoms with Crippen molar-refractivity contribution in [3.63, 3.8) is 0 Å². The molecule has 0 radical (unpaired) electrons. The van der Waals surface area contributed by atoms with Crippen LogP contribution in [-0.4, -0.2) is 12.3 Å². The van der Waals surface area contributed by atoms with Gasteiger partial charge in [0.2, 0.25) is 0 Å². The van der Waals surface area contributed by atoms with Crippen molar-refractivity contribution in [1.82, 2.24) is 0 Å². The molecule has 0 saturated carbocycles. The Morgan fingerprint density at radius 2 is 1.82 bits per heavy atom. The van der Waals surface area contributed by atoms with Gasteiger partial charge in [-0.15, -0.1) is 35.7 Å². The SMILES string of the molecule is CC(C)CCSc1ccc(CCCN)cc1.I. The Bertz CT molecular complexity index is 285. The molecule has 98 valence electrons. The molecule has 1 aromatic rings. The van der Waals surface area contributed by atoms with Gasteiger partial charge in [-0.1, -0.05) is 26.0 Å². The monoisotopic (exact) mass is 365 g/mol. The summed E-state index contributed by atoms with van der Waals surface area (Å²) >= 11 is 1.96. The summed E-state index contributed by atoms with van der Waals surface area (Å²) in [4.78, 5) is 1.39. The van der Waals surface area contributed by atoms with Gasteiger partial charge in [-0.2, -0.15) is 0 Å². The van der Waals surface area contributed by atoms with Crippen LogP contribution >= 0.6 is 35.7 Å². The van der Waals surface area contributed by atoms with Gasteiger partial charge in [0.25, 0.3) is 0 Å². The van der Waals surface area contributed by atoms with Crippen LogP contribution in [0, 0.1) is 5.92 Å². The van der Waals surface area contributed by atoms with Gasteiger partial charge in [-0.05, 0) is 55.2 Å². The number of hydrogen-bond donors (Lipinski definition) is 1. The molecule has 1 aromatic carbocycles. The van der Waals surface area contributed by atoms with Crippen molar-refractivity contribution in [1.29, 1.82) is 0 Å². The molecule has 0 aromatic heterocycles. The Morgan fingerprint density at radius 3 is 2.35 bits per heavy atom. The Labute approximate surface area is 127 Å². The van der Waals surface area contributed by atoms with Crippen LogP contribution in [0.3, 0.4) is 0 Å². The van der Waals surface area contributed by atoms with Crippen LogP contribution < -0.4 is 5.73 Å². The third kappa shape index (κ3) is 8.06. The van der Waals surface area contributed by atoms with Crippen molar-refractivity contribution < 1.29 is 0 Å². The fourth-order valence-electron chi connectivity index (χ4n) is 1.47. The summed E-state index contributed by atoms with van der Waals surface area (Å²) in [5.74, 6) is 2.02. The minimum absolute atomic E-state index is 0. The van der Waals surface area contributed by atoms with E-state index in [0.29, 0.717) is 0 Å². The molecule has 17 heavy (non-hydrogen) atoms. The number of halogens is 1. The topological polar surface area (TPSA) is 26.0 Å². The van der Waals surface area contributed by atoms with Crippen LogP contribution in [0.4, 0.5) is 0 Å². The number of nitrogens with two attached hydrogens (primary N) is 1. The Hall–Kier alpha value is 0.260. The van der Waals surface area contributed by atoms with E-state index in [9.17, 15) is 0 Å². The van der Waals surface area contributed by atoms with Crippen LogP contribution in [-0.2, 0) is 6.42 Å². The second-order valence-electron chi connectivity index (χ2n) is 4.57. The van der Waals surface area contributed by atoms with Crippen LogP contribution in [0.2, 0.25) is 0 Å². The first-order valence-electron chi connectivity index (χ1n) is 6.14. The lowest BCUT2D eigenvalue weighted by atomic mass is 10.1. The molecule has 0 aliphatic carbocycles. The molecular weight excluding hydrogens is 341 g/mol. The Kier molecular flexibility index (Phi) is 10.4. The van der Waals surface area contributed by atoms with E-state index in [1.54, 1.807) is 0 Å². The third-order valence-corrected chi connectivity index (χ3v) is 3.60. The highest BCUT2D eigenvalue weighted by Crippen LogP contribution is 2.21. The molecule has 0 amide bonds. The molecule has 0 atom stereocenters. The fraction of sp³-hybridized carbons (Fsp3) is 0.571. The van der Waals surface area contributed by atoms with Crippen LogP contribution in [0.15, 0.2) is 29.2 Å². The van der Waals surface area contributed by atoms with Gasteiger partial charge in [0, 0.05) is 4.90 Å². The van der Waals surface area contributed by atoms with E-state index in [4.69, 9.17) is 5.73 Å². The summed E-state index contributed by atoms with van der Waals surface area (Å²) in [7, 11) is 0. The molecule has 0 bridgehead atoms. The molecule has 0 spiro atoms. The lowest BCUT2D eigenvalue weighted by Gasteiger charge is -2.05. The van der Waals surface area contributed by atoms with Crippen LogP contribution in [0.1, 0.15) is 32.3 Å². The summed E-state index contributed by atoms with van der Waals surface area (Å²) in [5.41, 5.74) is 6.90. The maximum atomic E-state index is 5.50. The lowest BCUT2D eigenvalue weighted by Crippen LogP contribution is -2.00. The van der Waals surface area contributed by atoms with Gasteiger partial charge in [-0.25, -0.2) is 0 Å². The van der Waals surface area contributed by atoms with E-state index in [2.05, 4.69) is 38.1 Å². The highest BCUT2D eigenvalue weighted by molar-refractivity contribution is 14.0. The van der Waals surface area contributed by atoms with Crippen LogP contribution in [0.5, 0.6) is 0 Å². The minimum Gasteiger partial charge on any atom is -0.330 e. The first-order valence-corrected chi connectivity index (χ1v) is 7.12. The van der Waals surface area contributed by atoms with Crippen molar-refractivity contribution in [2.24, 2.45) is 11.7 Å². The zero-order valence-corrected chi connectivity index (χ0v) is 14.0. The van der Waals surface area contributed by atoms with E-state index < -0.39 is 0 Å². The van der Waals surface area contributed by atoms with Gasteiger partial charge >= 0.3 is 0 Å². The highest BCUT2D eigenvalue weighted by Gasteiger charge is 1.97. The smallest absolute Gasteiger partial charge is 0.00721 e. The Balaban J connectivity index is 0.00000256. The molecule has 0 aliphatic heterocycles. The number of aryl methyl sites for hydroxylation is 1. The largest absolute Gasteiger partial charge is 0.330 e. The number of thioether (sulfide) groups is 1. The van der Waals surface area contributed by atoms with Gasteiger partial charge < -0.3 is 5.73 Å². The van der Waals surface area contributed by atoms with Crippen LogP contribution in [0.25, 0.3) is 0 Å². The molecule has 0 saturated heterocycles. The molecular formula is C14H24INS. The van der Waals surface area contributed by atoms with Crippen molar-refractivity contribution in [3.05, 3.63) is 29.8 Å². The van der Waals surface area contributed by atoms with Crippen molar-refractivity contribution >= 4 is 35.7 Å². The van der Waals surface area contributed by atoms with Gasteiger partial charge in [0.15, 0.2) is 0 Å². The molecule has 0 fully saturated rings. The summed E-state index contributed by atoms with van der Waals surface area (Å²) in [6, 6.07) is 8.93. The number of benzene rings is 1. The first-order chi connectivity index (χ1) is 7.72. The maximum absolute atomic E-state index is 5.50. The second-order valence-corrected chi connectivity index (χ2v) is 5.74. The average Bonchev–Trinajstić information content (AvgIpc) is 2.27. The fourth-order valence-corrected chi connectivity index (χ4v) is 2.62. The number of rotatable bonds is 7. The Morgan fingerprint density at radius 1 is 1.18 bits per heavy atom. The van der Waals surface area contributed by atoms with Gasteiger partial charge in [0.1, 0.15) is 0 Å². The van der Waals surface area contributed by atoms with Crippen molar-refractivity contribution in [2.45, 2.75) is 38.0 Å². The number of hydrogen-bond acceptors (Lipinski definition) is 2. The molecule has 0 aliphatic rings. The molecule has 0 unspecified atom stereocenters. The van der Waals surface area contributed by atoms with Gasteiger partial charge in [-0.3, -0.25) is 0 Å². The zero-order chi connectivity index (χ0) is 11.8.